The van der Waals surface area contributed by atoms with E-state index in [1.807, 2.05) is 31.2 Å². The summed E-state index contributed by atoms with van der Waals surface area (Å²) < 4.78 is 0. The van der Waals surface area contributed by atoms with Crippen molar-refractivity contribution in [1.82, 2.24) is 25.1 Å². The van der Waals surface area contributed by atoms with Crippen LogP contribution in [0.3, 0.4) is 0 Å². The summed E-state index contributed by atoms with van der Waals surface area (Å²) in [4.78, 5) is 21.3. The number of carbonyl (C=O) groups excluding carboxylic acids is 1. The number of nitrogens with zero attached hydrogens (tertiary/aromatic N) is 3. The van der Waals surface area contributed by atoms with E-state index in [1.165, 1.54) is 0 Å². The van der Waals surface area contributed by atoms with Gasteiger partial charge in [0.2, 0.25) is 0 Å². The van der Waals surface area contributed by atoms with E-state index < -0.39 is 0 Å². The fourth-order valence-corrected chi connectivity index (χ4v) is 2.15. The molecule has 0 saturated carbocycles. The minimum absolute atomic E-state index is 0.128. The van der Waals surface area contributed by atoms with Gasteiger partial charge in [-0.1, -0.05) is 18.2 Å². The average molecular weight is 269 g/mol. The Hall–Kier alpha value is -2.63. The lowest BCUT2D eigenvalue weighted by molar-refractivity contribution is 0.0778. The van der Waals surface area contributed by atoms with Gasteiger partial charge in [-0.2, -0.15) is 5.10 Å². The number of para-hydroxylation sites is 1. The molecule has 0 fully saturated rings. The second kappa shape index (κ2) is 4.80. The van der Waals surface area contributed by atoms with E-state index in [1.54, 1.807) is 18.1 Å². The van der Waals surface area contributed by atoms with Crippen molar-refractivity contribution < 1.29 is 4.79 Å². The molecule has 0 spiro atoms. The number of fused-ring (bicyclic) bond motifs is 1. The SMILES string of the molecule is Cc1cnc(CN(C)C(=O)c2n[nH]c3ccccc23)[nH]1. The van der Waals surface area contributed by atoms with E-state index >= 15 is 0 Å². The summed E-state index contributed by atoms with van der Waals surface area (Å²) in [6, 6.07) is 7.58. The molecular weight excluding hydrogens is 254 g/mol. The van der Waals surface area contributed by atoms with Crippen LogP contribution in [0.2, 0.25) is 0 Å². The van der Waals surface area contributed by atoms with Crippen LogP contribution in [-0.4, -0.2) is 38.0 Å². The lowest BCUT2D eigenvalue weighted by Gasteiger charge is -2.14. The Kier molecular flexibility index (Phi) is 2.98. The van der Waals surface area contributed by atoms with Crippen LogP contribution in [0.5, 0.6) is 0 Å². The molecule has 6 heteroatoms. The summed E-state index contributed by atoms with van der Waals surface area (Å²) in [5, 5.41) is 7.82. The number of carbonyl (C=O) groups is 1. The summed E-state index contributed by atoms with van der Waals surface area (Å²) in [6.07, 6.45) is 1.75. The van der Waals surface area contributed by atoms with Crippen LogP contribution in [0.25, 0.3) is 10.9 Å². The maximum Gasteiger partial charge on any atom is 0.275 e. The molecule has 20 heavy (non-hydrogen) atoms. The van der Waals surface area contributed by atoms with Crippen molar-refractivity contribution in [3.63, 3.8) is 0 Å². The molecule has 1 aromatic carbocycles. The van der Waals surface area contributed by atoms with Gasteiger partial charge in [-0.3, -0.25) is 9.89 Å². The molecule has 2 heterocycles. The van der Waals surface area contributed by atoms with Gasteiger partial charge in [0.15, 0.2) is 5.69 Å². The molecule has 0 unspecified atom stereocenters. The van der Waals surface area contributed by atoms with Gasteiger partial charge in [-0.15, -0.1) is 0 Å². The maximum absolute atomic E-state index is 12.4. The molecule has 0 atom stereocenters. The molecular formula is C14H15N5O. The topological polar surface area (TPSA) is 77.7 Å². The zero-order valence-electron chi connectivity index (χ0n) is 11.3. The minimum atomic E-state index is -0.128. The Bertz CT molecular complexity index is 758. The highest BCUT2D eigenvalue weighted by atomic mass is 16.2. The molecule has 0 aliphatic carbocycles. The Morgan fingerprint density at radius 2 is 2.15 bits per heavy atom. The minimum Gasteiger partial charge on any atom is -0.345 e. The molecule has 3 rings (SSSR count). The van der Waals surface area contributed by atoms with E-state index in [0.29, 0.717) is 12.2 Å². The van der Waals surface area contributed by atoms with E-state index in [9.17, 15) is 4.79 Å². The quantitative estimate of drug-likeness (QED) is 0.762. The van der Waals surface area contributed by atoms with Crippen LogP contribution >= 0.6 is 0 Å². The van der Waals surface area contributed by atoms with Crippen LogP contribution in [-0.2, 0) is 6.54 Å². The monoisotopic (exact) mass is 269 g/mol. The second-order valence-corrected chi connectivity index (χ2v) is 4.79. The molecule has 2 aromatic heterocycles. The van der Waals surface area contributed by atoms with Crippen molar-refractivity contribution in [3.05, 3.63) is 47.7 Å². The molecule has 1 amide bonds. The summed E-state index contributed by atoms with van der Waals surface area (Å²) in [7, 11) is 1.74. The number of benzene rings is 1. The van der Waals surface area contributed by atoms with E-state index in [4.69, 9.17) is 0 Å². The molecule has 102 valence electrons. The van der Waals surface area contributed by atoms with Gasteiger partial charge < -0.3 is 9.88 Å². The summed E-state index contributed by atoms with van der Waals surface area (Å²) in [5.74, 6) is 0.634. The number of aromatic nitrogens is 4. The molecule has 6 nitrogen and oxygen atoms in total. The Labute approximate surface area is 115 Å². The number of hydrogen-bond donors (Lipinski definition) is 2. The van der Waals surface area contributed by atoms with Gasteiger partial charge in [-0.25, -0.2) is 4.98 Å². The average Bonchev–Trinajstić information content (AvgIpc) is 3.04. The third-order valence-electron chi connectivity index (χ3n) is 3.16. The van der Waals surface area contributed by atoms with Crippen LogP contribution in [0.1, 0.15) is 22.0 Å². The molecule has 0 aliphatic rings. The molecule has 0 saturated heterocycles. The number of rotatable bonds is 3. The number of H-pyrrole nitrogens is 2. The molecule has 3 aromatic rings. The maximum atomic E-state index is 12.4. The lowest BCUT2D eigenvalue weighted by Crippen LogP contribution is -2.27. The highest BCUT2D eigenvalue weighted by Crippen LogP contribution is 2.16. The first-order valence-corrected chi connectivity index (χ1v) is 6.34. The van der Waals surface area contributed by atoms with Crippen LogP contribution in [0.15, 0.2) is 30.5 Å². The van der Waals surface area contributed by atoms with Gasteiger partial charge in [0, 0.05) is 24.3 Å². The van der Waals surface area contributed by atoms with E-state index in [2.05, 4.69) is 20.2 Å². The first-order chi connectivity index (χ1) is 9.65. The van der Waals surface area contributed by atoms with E-state index in [0.717, 1.165) is 22.4 Å². The Morgan fingerprint density at radius 3 is 2.90 bits per heavy atom. The Balaban J connectivity index is 1.84. The van der Waals surface area contributed by atoms with Crippen molar-refractivity contribution in [1.29, 1.82) is 0 Å². The summed E-state index contributed by atoms with van der Waals surface area (Å²) in [6.45, 7) is 2.35. The van der Waals surface area contributed by atoms with E-state index in [-0.39, 0.29) is 5.91 Å². The number of aromatic amines is 2. The Morgan fingerprint density at radius 1 is 1.35 bits per heavy atom. The van der Waals surface area contributed by atoms with Crippen molar-refractivity contribution in [2.75, 3.05) is 7.05 Å². The largest absolute Gasteiger partial charge is 0.345 e. The van der Waals surface area contributed by atoms with Crippen molar-refractivity contribution in [3.8, 4) is 0 Å². The van der Waals surface area contributed by atoms with Gasteiger partial charge in [0.1, 0.15) is 5.82 Å². The third kappa shape index (κ3) is 2.16. The zero-order chi connectivity index (χ0) is 14.1. The van der Waals surface area contributed by atoms with Crippen molar-refractivity contribution >= 4 is 16.8 Å². The molecule has 0 bridgehead atoms. The van der Waals surface area contributed by atoms with Gasteiger partial charge in [0.25, 0.3) is 5.91 Å². The normalized spacial score (nSPS) is 10.9. The number of aryl methyl sites for hydroxylation is 1. The number of hydrogen-bond acceptors (Lipinski definition) is 3. The lowest BCUT2D eigenvalue weighted by atomic mass is 10.2. The van der Waals surface area contributed by atoms with Crippen LogP contribution in [0.4, 0.5) is 0 Å². The first kappa shape index (κ1) is 12.4. The third-order valence-corrected chi connectivity index (χ3v) is 3.16. The smallest absolute Gasteiger partial charge is 0.275 e. The summed E-state index contributed by atoms with van der Waals surface area (Å²) >= 11 is 0. The fraction of sp³-hybridized carbons (Fsp3) is 0.214. The van der Waals surface area contributed by atoms with Crippen LogP contribution < -0.4 is 0 Å². The number of amides is 1. The predicted molar refractivity (Wildman–Crippen MR) is 75.2 cm³/mol. The molecule has 2 N–H and O–H groups in total. The number of nitrogens with one attached hydrogen (secondary N) is 2. The van der Waals surface area contributed by atoms with Crippen molar-refractivity contribution in [2.45, 2.75) is 13.5 Å². The second-order valence-electron chi connectivity index (χ2n) is 4.79. The molecule has 0 radical (unpaired) electrons. The standard InChI is InChI=1S/C14H15N5O/c1-9-7-15-12(16-9)8-19(2)14(20)13-10-5-3-4-6-11(10)17-18-13/h3-7H,8H2,1-2H3,(H,15,16)(H,17,18). The van der Waals surface area contributed by atoms with Crippen molar-refractivity contribution in [2.24, 2.45) is 0 Å². The van der Waals surface area contributed by atoms with Gasteiger partial charge in [0.05, 0.1) is 12.1 Å². The van der Waals surface area contributed by atoms with Gasteiger partial charge >= 0.3 is 0 Å². The van der Waals surface area contributed by atoms with Crippen LogP contribution in [0, 0.1) is 6.92 Å². The predicted octanol–water partition coefficient (Wildman–Crippen LogP) is 1.87. The first-order valence-electron chi connectivity index (χ1n) is 6.34. The zero-order valence-corrected chi connectivity index (χ0v) is 11.3. The highest BCUT2D eigenvalue weighted by Gasteiger charge is 2.18. The summed E-state index contributed by atoms with van der Waals surface area (Å²) in [5.41, 5.74) is 2.27. The number of imidazole rings is 1. The fourth-order valence-electron chi connectivity index (χ4n) is 2.15. The van der Waals surface area contributed by atoms with Gasteiger partial charge in [-0.05, 0) is 13.0 Å². The molecule has 0 aliphatic heterocycles. The highest BCUT2D eigenvalue weighted by molar-refractivity contribution is 6.04.